The summed E-state index contributed by atoms with van der Waals surface area (Å²) in [5.74, 6) is 0. The number of nitrogens with two attached hydrogens (primary N) is 1. The van der Waals surface area contributed by atoms with E-state index in [4.69, 9.17) is 10.5 Å². The Morgan fingerprint density at radius 2 is 2.00 bits per heavy atom. The predicted molar refractivity (Wildman–Crippen MR) is 75.9 cm³/mol. The highest BCUT2D eigenvalue weighted by Gasteiger charge is 2.14. The van der Waals surface area contributed by atoms with Crippen LogP contribution in [0.4, 0.5) is 0 Å². The highest BCUT2D eigenvalue weighted by molar-refractivity contribution is 9.10. The van der Waals surface area contributed by atoms with Gasteiger partial charge in [-0.3, -0.25) is 0 Å². The standard InChI is InChI=1S/C14H22BrNO/c1-14(2,11-16)8-5-9-17-10-12-6-3-4-7-13(12)15/h3-4,6-7H,5,8-11,16H2,1-2H3. The van der Waals surface area contributed by atoms with Crippen LogP contribution in [-0.4, -0.2) is 13.2 Å². The van der Waals surface area contributed by atoms with Gasteiger partial charge in [-0.2, -0.15) is 0 Å². The second kappa shape index (κ2) is 7.14. The maximum absolute atomic E-state index is 5.68. The molecule has 2 N–H and O–H groups in total. The molecule has 0 amide bonds. The summed E-state index contributed by atoms with van der Waals surface area (Å²) in [5.41, 5.74) is 7.12. The first kappa shape index (κ1) is 14.7. The van der Waals surface area contributed by atoms with Crippen LogP contribution >= 0.6 is 15.9 Å². The molecule has 0 spiro atoms. The normalized spacial score (nSPS) is 11.8. The van der Waals surface area contributed by atoms with Crippen LogP contribution in [0.2, 0.25) is 0 Å². The van der Waals surface area contributed by atoms with Gasteiger partial charge in [0.05, 0.1) is 6.61 Å². The second-order valence-electron chi connectivity index (χ2n) is 5.12. The van der Waals surface area contributed by atoms with E-state index >= 15 is 0 Å². The summed E-state index contributed by atoms with van der Waals surface area (Å²) in [6.45, 7) is 6.59. The first-order valence-corrected chi connectivity index (χ1v) is 6.86. The molecule has 1 aromatic rings. The molecule has 3 heteroatoms. The minimum atomic E-state index is 0.233. The van der Waals surface area contributed by atoms with Gasteiger partial charge in [0.2, 0.25) is 0 Å². The fraction of sp³-hybridized carbons (Fsp3) is 0.571. The van der Waals surface area contributed by atoms with E-state index in [0.29, 0.717) is 6.61 Å². The quantitative estimate of drug-likeness (QED) is 0.779. The third-order valence-electron chi connectivity index (χ3n) is 2.91. The fourth-order valence-corrected chi connectivity index (χ4v) is 1.95. The van der Waals surface area contributed by atoms with Crippen LogP contribution in [-0.2, 0) is 11.3 Å². The van der Waals surface area contributed by atoms with Gasteiger partial charge in [-0.15, -0.1) is 0 Å². The smallest absolute Gasteiger partial charge is 0.0727 e. The molecule has 0 radical (unpaired) electrons. The summed E-state index contributed by atoms with van der Waals surface area (Å²) in [5, 5.41) is 0. The molecule has 0 fully saturated rings. The predicted octanol–water partition coefficient (Wildman–Crippen LogP) is 3.73. The lowest BCUT2D eigenvalue weighted by Crippen LogP contribution is -2.23. The Labute approximate surface area is 113 Å². The summed E-state index contributed by atoms with van der Waals surface area (Å²) in [6, 6.07) is 8.16. The van der Waals surface area contributed by atoms with E-state index in [1.165, 1.54) is 5.56 Å². The van der Waals surface area contributed by atoms with E-state index in [-0.39, 0.29) is 5.41 Å². The summed E-state index contributed by atoms with van der Waals surface area (Å²) in [4.78, 5) is 0. The van der Waals surface area contributed by atoms with Crippen molar-refractivity contribution in [3.8, 4) is 0 Å². The monoisotopic (exact) mass is 299 g/mol. The lowest BCUT2D eigenvalue weighted by molar-refractivity contribution is 0.109. The van der Waals surface area contributed by atoms with Crippen molar-refractivity contribution in [2.75, 3.05) is 13.2 Å². The molecule has 0 aromatic heterocycles. The topological polar surface area (TPSA) is 35.2 Å². The van der Waals surface area contributed by atoms with E-state index in [1.54, 1.807) is 0 Å². The van der Waals surface area contributed by atoms with Gasteiger partial charge < -0.3 is 10.5 Å². The van der Waals surface area contributed by atoms with Gasteiger partial charge in [-0.05, 0) is 36.4 Å². The molecule has 0 bridgehead atoms. The van der Waals surface area contributed by atoms with Crippen LogP contribution in [0.1, 0.15) is 32.3 Å². The van der Waals surface area contributed by atoms with Crippen LogP contribution in [0.5, 0.6) is 0 Å². The average Bonchev–Trinajstić information content (AvgIpc) is 2.31. The third kappa shape index (κ3) is 5.66. The Hall–Kier alpha value is -0.380. The third-order valence-corrected chi connectivity index (χ3v) is 3.68. The van der Waals surface area contributed by atoms with Crippen molar-refractivity contribution in [3.05, 3.63) is 34.3 Å². The molecule has 1 aromatic carbocycles. The Morgan fingerprint density at radius 3 is 2.65 bits per heavy atom. The molecule has 17 heavy (non-hydrogen) atoms. The highest BCUT2D eigenvalue weighted by Crippen LogP contribution is 2.21. The van der Waals surface area contributed by atoms with Crippen molar-refractivity contribution in [1.29, 1.82) is 0 Å². The van der Waals surface area contributed by atoms with E-state index in [0.717, 1.165) is 30.5 Å². The van der Waals surface area contributed by atoms with Crippen LogP contribution in [0, 0.1) is 5.41 Å². The summed E-state index contributed by atoms with van der Waals surface area (Å²) in [6.07, 6.45) is 2.17. The van der Waals surface area contributed by atoms with Crippen LogP contribution in [0.3, 0.4) is 0 Å². The summed E-state index contributed by atoms with van der Waals surface area (Å²) < 4.78 is 6.78. The number of ether oxygens (including phenoxy) is 1. The number of hydrogen-bond donors (Lipinski definition) is 1. The number of rotatable bonds is 7. The lowest BCUT2D eigenvalue weighted by atomic mass is 9.88. The van der Waals surface area contributed by atoms with Crippen LogP contribution in [0.25, 0.3) is 0 Å². The Bertz CT molecular complexity index is 339. The van der Waals surface area contributed by atoms with Gasteiger partial charge in [0.15, 0.2) is 0 Å². The molecule has 0 saturated carbocycles. The zero-order chi connectivity index (χ0) is 12.7. The van der Waals surface area contributed by atoms with Gasteiger partial charge in [0.25, 0.3) is 0 Å². The van der Waals surface area contributed by atoms with Gasteiger partial charge in [-0.25, -0.2) is 0 Å². The molecular weight excluding hydrogens is 278 g/mol. The van der Waals surface area contributed by atoms with Gasteiger partial charge >= 0.3 is 0 Å². The van der Waals surface area contributed by atoms with E-state index in [9.17, 15) is 0 Å². The molecular formula is C14H22BrNO. The van der Waals surface area contributed by atoms with Crippen molar-refractivity contribution in [3.63, 3.8) is 0 Å². The first-order chi connectivity index (χ1) is 8.05. The van der Waals surface area contributed by atoms with Crippen molar-refractivity contribution >= 4 is 15.9 Å². The molecule has 0 aliphatic carbocycles. The van der Waals surface area contributed by atoms with E-state index < -0.39 is 0 Å². The maximum atomic E-state index is 5.68. The van der Waals surface area contributed by atoms with Crippen LogP contribution < -0.4 is 5.73 Å². The molecule has 0 aliphatic heterocycles. The van der Waals surface area contributed by atoms with Crippen molar-refractivity contribution in [2.45, 2.75) is 33.3 Å². The number of hydrogen-bond acceptors (Lipinski definition) is 2. The molecule has 0 unspecified atom stereocenters. The number of benzene rings is 1. The van der Waals surface area contributed by atoms with Crippen molar-refractivity contribution in [2.24, 2.45) is 11.1 Å². The Balaban J connectivity index is 2.19. The van der Waals surface area contributed by atoms with E-state index in [1.807, 2.05) is 18.2 Å². The van der Waals surface area contributed by atoms with Crippen molar-refractivity contribution < 1.29 is 4.74 Å². The van der Waals surface area contributed by atoms with Gasteiger partial charge in [0.1, 0.15) is 0 Å². The molecule has 0 atom stereocenters. The minimum Gasteiger partial charge on any atom is -0.377 e. The molecule has 2 nitrogen and oxygen atoms in total. The molecule has 96 valence electrons. The summed E-state index contributed by atoms with van der Waals surface area (Å²) >= 11 is 3.51. The SMILES string of the molecule is CC(C)(CN)CCCOCc1ccccc1Br. The number of halogens is 1. The second-order valence-corrected chi connectivity index (χ2v) is 5.97. The minimum absolute atomic E-state index is 0.233. The highest BCUT2D eigenvalue weighted by atomic mass is 79.9. The maximum Gasteiger partial charge on any atom is 0.0727 e. The van der Waals surface area contributed by atoms with Gasteiger partial charge in [-0.1, -0.05) is 48.0 Å². The Morgan fingerprint density at radius 1 is 1.29 bits per heavy atom. The fourth-order valence-electron chi connectivity index (χ4n) is 1.55. The van der Waals surface area contributed by atoms with E-state index in [2.05, 4.69) is 35.8 Å². The zero-order valence-corrected chi connectivity index (χ0v) is 12.3. The van der Waals surface area contributed by atoms with Gasteiger partial charge in [0, 0.05) is 11.1 Å². The zero-order valence-electron chi connectivity index (χ0n) is 10.7. The largest absolute Gasteiger partial charge is 0.377 e. The molecule has 1 rings (SSSR count). The molecule has 0 aliphatic rings. The van der Waals surface area contributed by atoms with Crippen LogP contribution in [0.15, 0.2) is 28.7 Å². The lowest BCUT2D eigenvalue weighted by Gasteiger charge is -2.21. The average molecular weight is 300 g/mol. The first-order valence-electron chi connectivity index (χ1n) is 6.06. The molecule has 0 heterocycles. The Kier molecular flexibility index (Phi) is 6.17. The summed E-state index contributed by atoms with van der Waals surface area (Å²) in [7, 11) is 0. The molecule has 0 saturated heterocycles. The van der Waals surface area contributed by atoms with Crippen molar-refractivity contribution in [1.82, 2.24) is 0 Å².